The molecular weight excluding hydrogens is 206 g/mol. The molecule has 0 spiro atoms. The minimum atomic E-state index is 0.388. The average Bonchev–Trinajstić information content (AvgIpc) is 2.26. The Labute approximate surface area is 110 Å². The Kier molecular flexibility index (Phi) is 8.94. The topological polar surface area (TPSA) is 12.0 Å². The van der Waals surface area contributed by atoms with Crippen LogP contribution >= 0.6 is 0 Å². The molecule has 0 aliphatic rings. The maximum atomic E-state index is 3.66. The van der Waals surface area contributed by atoms with Crippen molar-refractivity contribution in [2.45, 2.75) is 86.1 Å². The molecule has 0 aliphatic heterocycles. The quantitative estimate of drug-likeness (QED) is 0.598. The summed E-state index contributed by atoms with van der Waals surface area (Å²) in [5.74, 6) is 0.943. The van der Waals surface area contributed by atoms with Gasteiger partial charge in [-0.1, -0.05) is 67.2 Å². The van der Waals surface area contributed by atoms with Crippen LogP contribution in [0, 0.1) is 11.3 Å². The van der Waals surface area contributed by atoms with Crippen LogP contribution in [0.2, 0.25) is 0 Å². The van der Waals surface area contributed by atoms with Crippen LogP contribution < -0.4 is 5.32 Å². The predicted octanol–water partition coefficient (Wildman–Crippen LogP) is 5.01. The number of rotatable bonds is 9. The Balaban J connectivity index is 4.08. The molecule has 0 fully saturated rings. The third-order valence-electron chi connectivity index (χ3n) is 3.90. The highest BCUT2D eigenvalue weighted by atomic mass is 14.9. The van der Waals surface area contributed by atoms with Crippen molar-refractivity contribution in [1.29, 1.82) is 0 Å². The van der Waals surface area contributed by atoms with E-state index in [4.69, 9.17) is 0 Å². The first-order valence-corrected chi connectivity index (χ1v) is 7.69. The summed E-state index contributed by atoms with van der Waals surface area (Å²) in [6.45, 7) is 15.0. The molecule has 0 aromatic carbocycles. The molecule has 0 amide bonds. The zero-order chi connectivity index (χ0) is 13.3. The van der Waals surface area contributed by atoms with E-state index in [1.54, 1.807) is 0 Å². The molecule has 0 radical (unpaired) electrons. The van der Waals surface area contributed by atoms with Gasteiger partial charge in [-0.05, 0) is 30.7 Å². The first kappa shape index (κ1) is 17.0. The van der Waals surface area contributed by atoms with Crippen molar-refractivity contribution in [3.8, 4) is 0 Å². The lowest BCUT2D eigenvalue weighted by Gasteiger charge is -2.32. The Bertz CT molecular complexity index is 169. The molecule has 0 saturated heterocycles. The van der Waals surface area contributed by atoms with Crippen LogP contribution in [0.4, 0.5) is 0 Å². The van der Waals surface area contributed by atoms with Crippen molar-refractivity contribution in [3.63, 3.8) is 0 Å². The van der Waals surface area contributed by atoms with Gasteiger partial charge in [0.15, 0.2) is 0 Å². The van der Waals surface area contributed by atoms with Crippen LogP contribution in [0.15, 0.2) is 0 Å². The Hall–Kier alpha value is -0.0400. The fraction of sp³-hybridized carbons (Fsp3) is 1.00. The summed E-state index contributed by atoms with van der Waals surface area (Å²) in [5, 5.41) is 3.66. The van der Waals surface area contributed by atoms with Gasteiger partial charge in [-0.2, -0.15) is 0 Å². The molecule has 104 valence electrons. The second-order valence-corrected chi connectivity index (χ2v) is 6.47. The number of hydrogen-bond donors (Lipinski definition) is 1. The van der Waals surface area contributed by atoms with Crippen LogP contribution in [-0.4, -0.2) is 12.6 Å². The fourth-order valence-corrected chi connectivity index (χ4v) is 2.54. The third kappa shape index (κ3) is 7.81. The summed E-state index contributed by atoms with van der Waals surface area (Å²) in [7, 11) is 0. The zero-order valence-corrected chi connectivity index (χ0v) is 13.1. The summed E-state index contributed by atoms with van der Waals surface area (Å²) in [6.07, 6.45) is 8.25. The molecule has 0 bridgehead atoms. The highest BCUT2D eigenvalue weighted by Gasteiger charge is 2.24. The van der Waals surface area contributed by atoms with Crippen molar-refractivity contribution in [1.82, 2.24) is 5.32 Å². The Morgan fingerprint density at radius 2 is 1.59 bits per heavy atom. The van der Waals surface area contributed by atoms with Crippen molar-refractivity contribution < 1.29 is 0 Å². The van der Waals surface area contributed by atoms with Crippen molar-refractivity contribution >= 4 is 0 Å². The minimum Gasteiger partial charge on any atom is -0.314 e. The molecule has 0 rings (SSSR count). The lowest BCUT2D eigenvalue weighted by molar-refractivity contribution is 0.237. The van der Waals surface area contributed by atoms with Crippen LogP contribution in [0.5, 0.6) is 0 Å². The largest absolute Gasteiger partial charge is 0.314 e. The molecule has 0 aliphatic carbocycles. The maximum Gasteiger partial charge on any atom is 0.0116 e. The first-order valence-electron chi connectivity index (χ1n) is 7.69. The second-order valence-electron chi connectivity index (χ2n) is 6.47. The van der Waals surface area contributed by atoms with Gasteiger partial charge in [-0.3, -0.25) is 0 Å². The van der Waals surface area contributed by atoms with E-state index in [2.05, 4.69) is 46.9 Å². The molecule has 0 aromatic rings. The number of hydrogen-bond acceptors (Lipinski definition) is 1. The Morgan fingerprint density at radius 1 is 0.941 bits per heavy atom. The molecule has 0 heterocycles. The second kappa shape index (κ2) is 8.97. The van der Waals surface area contributed by atoms with Crippen LogP contribution in [0.1, 0.15) is 80.1 Å². The molecule has 0 aromatic heterocycles. The van der Waals surface area contributed by atoms with Gasteiger partial charge in [-0.25, -0.2) is 0 Å². The van der Waals surface area contributed by atoms with E-state index in [9.17, 15) is 0 Å². The van der Waals surface area contributed by atoms with Crippen molar-refractivity contribution in [3.05, 3.63) is 0 Å². The highest BCUT2D eigenvalue weighted by molar-refractivity contribution is 4.80. The fourth-order valence-electron chi connectivity index (χ4n) is 2.54. The monoisotopic (exact) mass is 241 g/mol. The lowest BCUT2D eigenvalue weighted by Crippen LogP contribution is -2.40. The van der Waals surface area contributed by atoms with Gasteiger partial charge in [0.2, 0.25) is 0 Å². The minimum absolute atomic E-state index is 0.388. The van der Waals surface area contributed by atoms with Gasteiger partial charge in [0.05, 0.1) is 0 Å². The van der Waals surface area contributed by atoms with E-state index >= 15 is 0 Å². The molecule has 1 nitrogen and oxygen atoms in total. The zero-order valence-electron chi connectivity index (χ0n) is 13.1. The van der Waals surface area contributed by atoms with Crippen molar-refractivity contribution in [2.75, 3.05) is 6.54 Å². The van der Waals surface area contributed by atoms with E-state index in [1.807, 2.05) is 0 Å². The predicted molar refractivity (Wildman–Crippen MR) is 79.5 cm³/mol. The molecule has 0 saturated carbocycles. The SMILES string of the molecule is CCCCC(CC)CCC(NCC)C(C)(C)C. The van der Waals surface area contributed by atoms with Crippen molar-refractivity contribution in [2.24, 2.45) is 11.3 Å². The number of unbranched alkanes of at least 4 members (excludes halogenated alkanes) is 1. The summed E-state index contributed by atoms with van der Waals surface area (Å²) in [6, 6.07) is 0.670. The van der Waals surface area contributed by atoms with E-state index in [1.165, 1.54) is 38.5 Å². The van der Waals surface area contributed by atoms with Gasteiger partial charge >= 0.3 is 0 Å². The van der Waals surface area contributed by atoms with E-state index in [-0.39, 0.29) is 0 Å². The molecule has 1 heteroatoms. The molecular formula is C16H35N. The Morgan fingerprint density at radius 3 is 2.00 bits per heavy atom. The first-order chi connectivity index (χ1) is 7.95. The normalized spacial score (nSPS) is 15.9. The molecule has 2 atom stereocenters. The maximum absolute atomic E-state index is 3.66. The van der Waals surface area contributed by atoms with Crippen LogP contribution in [-0.2, 0) is 0 Å². The lowest BCUT2D eigenvalue weighted by atomic mass is 9.81. The smallest absolute Gasteiger partial charge is 0.0116 e. The van der Waals surface area contributed by atoms with Gasteiger partial charge in [0, 0.05) is 6.04 Å². The van der Waals surface area contributed by atoms with Gasteiger partial charge in [-0.15, -0.1) is 0 Å². The summed E-state index contributed by atoms with van der Waals surface area (Å²) < 4.78 is 0. The van der Waals surface area contributed by atoms with E-state index in [0.717, 1.165) is 12.5 Å². The molecule has 2 unspecified atom stereocenters. The molecule has 1 N–H and O–H groups in total. The molecule has 17 heavy (non-hydrogen) atoms. The van der Waals surface area contributed by atoms with E-state index < -0.39 is 0 Å². The summed E-state index contributed by atoms with van der Waals surface area (Å²) in [4.78, 5) is 0. The van der Waals surface area contributed by atoms with Gasteiger partial charge < -0.3 is 5.32 Å². The summed E-state index contributed by atoms with van der Waals surface area (Å²) >= 11 is 0. The standard InChI is InChI=1S/C16H35N/c1-7-10-11-14(8-2)12-13-15(17-9-3)16(4,5)6/h14-15,17H,7-13H2,1-6H3. The highest BCUT2D eigenvalue weighted by Crippen LogP contribution is 2.26. The number of nitrogens with one attached hydrogen (secondary N) is 1. The van der Waals surface area contributed by atoms with Gasteiger partial charge in [0.1, 0.15) is 0 Å². The van der Waals surface area contributed by atoms with Crippen LogP contribution in [0.25, 0.3) is 0 Å². The summed E-state index contributed by atoms with van der Waals surface area (Å²) in [5.41, 5.74) is 0.388. The van der Waals surface area contributed by atoms with Crippen LogP contribution in [0.3, 0.4) is 0 Å². The van der Waals surface area contributed by atoms with Gasteiger partial charge in [0.25, 0.3) is 0 Å². The van der Waals surface area contributed by atoms with E-state index in [0.29, 0.717) is 11.5 Å². The average molecular weight is 241 g/mol. The third-order valence-corrected chi connectivity index (χ3v) is 3.90.